The third-order valence-corrected chi connectivity index (χ3v) is 3.94. The predicted octanol–water partition coefficient (Wildman–Crippen LogP) is 4.97. The van der Waals surface area contributed by atoms with Crippen LogP contribution < -0.4 is 10.1 Å². The van der Waals surface area contributed by atoms with Crippen LogP contribution in [0.5, 0.6) is 5.75 Å². The fraction of sp³-hybridized carbons (Fsp3) is 0.200. The second-order valence-electron chi connectivity index (χ2n) is 5.82. The minimum atomic E-state index is -0.692. The van der Waals surface area contributed by atoms with Gasteiger partial charge in [0.2, 0.25) is 0 Å². The minimum Gasteiger partial charge on any atom is -0.493 e. The van der Waals surface area contributed by atoms with E-state index in [-0.39, 0.29) is 16.9 Å². The molecule has 2 aromatic rings. The van der Waals surface area contributed by atoms with Gasteiger partial charge in [0.1, 0.15) is 17.4 Å². The Balaban J connectivity index is 2.27. The van der Waals surface area contributed by atoms with E-state index in [1.54, 1.807) is 18.2 Å². The average molecular weight is 400 g/mol. The van der Waals surface area contributed by atoms with Crippen LogP contribution >= 0.6 is 11.6 Å². The zero-order valence-corrected chi connectivity index (χ0v) is 15.9. The SMILES string of the molecule is CCCCOc1ccc(Cl)cc1C=C(C#N)C(=O)Nc1cccc([N+](=O)[O-])c1. The lowest BCUT2D eigenvalue weighted by molar-refractivity contribution is -0.384. The number of halogens is 1. The standard InChI is InChI=1S/C20H18ClN3O4/c1-2-3-9-28-19-8-7-16(21)11-14(19)10-15(13-22)20(25)23-17-5-4-6-18(12-17)24(26)27/h4-8,10-12H,2-3,9H2,1H3,(H,23,25). The topological polar surface area (TPSA) is 105 Å². The van der Waals surface area contributed by atoms with Gasteiger partial charge in [0, 0.05) is 28.4 Å². The molecule has 0 spiro atoms. The molecule has 0 aliphatic heterocycles. The van der Waals surface area contributed by atoms with Crippen LogP contribution in [0, 0.1) is 21.4 Å². The molecule has 1 N–H and O–H groups in total. The second-order valence-corrected chi connectivity index (χ2v) is 6.25. The smallest absolute Gasteiger partial charge is 0.271 e. The van der Waals surface area contributed by atoms with Crippen molar-refractivity contribution in [3.05, 3.63) is 68.7 Å². The molecule has 0 saturated carbocycles. The maximum Gasteiger partial charge on any atom is 0.271 e. The summed E-state index contributed by atoms with van der Waals surface area (Å²) in [6, 6.07) is 12.2. The van der Waals surface area contributed by atoms with Crippen molar-refractivity contribution in [1.29, 1.82) is 5.26 Å². The van der Waals surface area contributed by atoms with Gasteiger partial charge in [-0.05, 0) is 36.8 Å². The molecule has 2 rings (SSSR count). The number of hydrogen-bond acceptors (Lipinski definition) is 5. The summed E-state index contributed by atoms with van der Waals surface area (Å²) in [5.74, 6) is -0.184. The van der Waals surface area contributed by atoms with Crippen molar-refractivity contribution in [2.45, 2.75) is 19.8 Å². The number of nitriles is 1. The van der Waals surface area contributed by atoms with Gasteiger partial charge in [-0.3, -0.25) is 14.9 Å². The molecule has 1 amide bonds. The van der Waals surface area contributed by atoms with Crippen molar-refractivity contribution in [2.75, 3.05) is 11.9 Å². The van der Waals surface area contributed by atoms with Crippen LogP contribution in [-0.2, 0) is 4.79 Å². The molecule has 8 heteroatoms. The molecule has 0 bridgehead atoms. The Morgan fingerprint density at radius 2 is 2.14 bits per heavy atom. The number of hydrogen-bond donors (Lipinski definition) is 1. The monoisotopic (exact) mass is 399 g/mol. The molecular weight excluding hydrogens is 382 g/mol. The van der Waals surface area contributed by atoms with Crippen molar-refractivity contribution in [2.24, 2.45) is 0 Å². The van der Waals surface area contributed by atoms with Gasteiger partial charge in [-0.25, -0.2) is 0 Å². The van der Waals surface area contributed by atoms with Gasteiger partial charge in [-0.15, -0.1) is 0 Å². The summed E-state index contributed by atoms with van der Waals surface area (Å²) in [5, 5.41) is 23.2. The van der Waals surface area contributed by atoms with Crippen LogP contribution in [-0.4, -0.2) is 17.4 Å². The van der Waals surface area contributed by atoms with Crippen LogP contribution in [0.2, 0.25) is 5.02 Å². The van der Waals surface area contributed by atoms with E-state index in [2.05, 4.69) is 5.32 Å². The Morgan fingerprint density at radius 1 is 1.36 bits per heavy atom. The Hall–Kier alpha value is -3.37. The van der Waals surface area contributed by atoms with Crippen LogP contribution in [0.3, 0.4) is 0 Å². The van der Waals surface area contributed by atoms with Crippen LogP contribution in [0.4, 0.5) is 11.4 Å². The minimum absolute atomic E-state index is 0.165. The number of benzene rings is 2. The van der Waals surface area contributed by atoms with Crippen molar-refractivity contribution in [3.8, 4) is 11.8 Å². The number of nitro benzene ring substituents is 1. The molecule has 0 aromatic heterocycles. The van der Waals surface area contributed by atoms with Crippen molar-refractivity contribution in [3.63, 3.8) is 0 Å². The Kier molecular flexibility index (Phi) is 7.55. The molecule has 7 nitrogen and oxygen atoms in total. The van der Waals surface area contributed by atoms with Gasteiger partial charge in [0.05, 0.1) is 11.5 Å². The Morgan fingerprint density at radius 3 is 2.82 bits per heavy atom. The number of ether oxygens (including phenoxy) is 1. The van der Waals surface area contributed by atoms with Crippen molar-refractivity contribution < 1.29 is 14.5 Å². The fourth-order valence-corrected chi connectivity index (χ4v) is 2.47. The van der Waals surface area contributed by atoms with E-state index in [9.17, 15) is 20.2 Å². The molecule has 2 aromatic carbocycles. The first-order chi connectivity index (χ1) is 13.4. The van der Waals surface area contributed by atoms with Crippen molar-refractivity contribution >= 4 is 35.0 Å². The van der Waals surface area contributed by atoms with E-state index < -0.39 is 10.8 Å². The lowest BCUT2D eigenvalue weighted by atomic mass is 10.1. The van der Waals surface area contributed by atoms with E-state index in [0.29, 0.717) is 22.9 Å². The molecule has 0 unspecified atom stereocenters. The zero-order valence-electron chi connectivity index (χ0n) is 15.1. The summed E-state index contributed by atoms with van der Waals surface area (Å²) in [5.41, 5.74) is 0.357. The van der Waals surface area contributed by atoms with Crippen LogP contribution in [0.25, 0.3) is 6.08 Å². The van der Waals surface area contributed by atoms with Gasteiger partial charge in [-0.2, -0.15) is 5.26 Å². The maximum absolute atomic E-state index is 12.4. The van der Waals surface area contributed by atoms with Gasteiger partial charge >= 0.3 is 0 Å². The number of nitro groups is 1. The first-order valence-electron chi connectivity index (χ1n) is 8.54. The number of nitrogens with one attached hydrogen (secondary N) is 1. The highest BCUT2D eigenvalue weighted by Gasteiger charge is 2.14. The highest BCUT2D eigenvalue weighted by molar-refractivity contribution is 6.30. The summed E-state index contributed by atoms with van der Waals surface area (Å²) in [6.45, 7) is 2.54. The highest BCUT2D eigenvalue weighted by atomic mass is 35.5. The molecule has 28 heavy (non-hydrogen) atoms. The van der Waals surface area contributed by atoms with E-state index in [4.69, 9.17) is 16.3 Å². The number of anilines is 1. The number of amides is 1. The van der Waals surface area contributed by atoms with Crippen molar-refractivity contribution in [1.82, 2.24) is 0 Å². The molecule has 0 aliphatic rings. The van der Waals surface area contributed by atoms with Gasteiger partial charge in [0.25, 0.3) is 11.6 Å². The molecular formula is C20H18ClN3O4. The number of non-ortho nitro benzene ring substituents is 1. The summed E-state index contributed by atoms with van der Waals surface area (Å²) in [6.07, 6.45) is 3.21. The molecule has 0 saturated heterocycles. The van der Waals surface area contributed by atoms with E-state index in [1.807, 2.05) is 13.0 Å². The average Bonchev–Trinajstić information content (AvgIpc) is 2.67. The van der Waals surface area contributed by atoms with Gasteiger partial charge < -0.3 is 10.1 Å². The fourth-order valence-electron chi connectivity index (χ4n) is 2.29. The predicted molar refractivity (Wildman–Crippen MR) is 107 cm³/mol. The number of rotatable bonds is 8. The summed E-state index contributed by atoms with van der Waals surface area (Å²) < 4.78 is 5.70. The number of carbonyl (C=O) groups excluding carboxylic acids is 1. The third kappa shape index (κ3) is 5.83. The lowest BCUT2D eigenvalue weighted by Gasteiger charge is -2.10. The molecule has 0 radical (unpaired) electrons. The maximum atomic E-state index is 12.4. The quantitative estimate of drug-likeness (QED) is 0.222. The van der Waals surface area contributed by atoms with E-state index >= 15 is 0 Å². The molecule has 0 heterocycles. The zero-order chi connectivity index (χ0) is 20.5. The van der Waals surface area contributed by atoms with E-state index in [1.165, 1.54) is 30.3 Å². The lowest BCUT2D eigenvalue weighted by Crippen LogP contribution is -2.13. The van der Waals surface area contributed by atoms with Crippen LogP contribution in [0.1, 0.15) is 25.3 Å². The second kappa shape index (κ2) is 10.1. The summed E-state index contributed by atoms with van der Waals surface area (Å²) >= 11 is 6.03. The van der Waals surface area contributed by atoms with Gasteiger partial charge in [0.15, 0.2) is 0 Å². The number of nitrogens with zero attached hydrogens (tertiary/aromatic N) is 2. The van der Waals surface area contributed by atoms with Crippen LogP contribution in [0.15, 0.2) is 48.0 Å². The first-order valence-corrected chi connectivity index (χ1v) is 8.92. The summed E-state index contributed by atoms with van der Waals surface area (Å²) in [7, 11) is 0. The Labute approximate surface area is 167 Å². The molecule has 144 valence electrons. The Bertz CT molecular complexity index is 951. The molecule has 0 fully saturated rings. The largest absolute Gasteiger partial charge is 0.493 e. The number of unbranched alkanes of at least 4 members (excludes halogenated alkanes) is 1. The summed E-state index contributed by atoms with van der Waals surface area (Å²) in [4.78, 5) is 22.7. The number of carbonyl (C=O) groups is 1. The third-order valence-electron chi connectivity index (χ3n) is 3.71. The van der Waals surface area contributed by atoms with Gasteiger partial charge in [-0.1, -0.05) is 31.0 Å². The molecule has 0 aliphatic carbocycles. The molecule has 0 atom stereocenters. The first kappa shape index (κ1) is 20.9. The highest BCUT2D eigenvalue weighted by Crippen LogP contribution is 2.26. The van der Waals surface area contributed by atoms with E-state index in [0.717, 1.165) is 12.8 Å². The normalized spacial score (nSPS) is 10.8.